The predicted molar refractivity (Wildman–Crippen MR) is 86.1 cm³/mol. The molecule has 6 heteroatoms. The third-order valence-corrected chi connectivity index (χ3v) is 4.44. The van der Waals surface area contributed by atoms with Gasteiger partial charge in [0, 0.05) is 37.5 Å². The number of ether oxygens (including phenoxy) is 1. The molecule has 5 nitrogen and oxygen atoms in total. The van der Waals surface area contributed by atoms with Crippen LogP contribution in [0.2, 0.25) is 0 Å². The number of hydrogen-bond acceptors (Lipinski definition) is 4. The Morgan fingerprint density at radius 2 is 2.04 bits per heavy atom. The van der Waals surface area contributed by atoms with E-state index in [1.807, 2.05) is 25.7 Å². The molecular formula is C17H24FN3O2. The number of pyridine rings is 1. The van der Waals surface area contributed by atoms with E-state index in [2.05, 4.69) is 9.88 Å². The Morgan fingerprint density at radius 1 is 1.35 bits per heavy atom. The number of piperazine rings is 1. The smallest absolute Gasteiger partial charge is 0.410 e. The van der Waals surface area contributed by atoms with E-state index >= 15 is 0 Å². The number of carbonyl (C=O) groups excluding carboxylic acids is 1. The fourth-order valence-corrected chi connectivity index (χ4v) is 3.01. The van der Waals surface area contributed by atoms with Crippen LogP contribution in [0.3, 0.4) is 0 Å². The van der Waals surface area contributed by atoms with Crippen LogP contribution in [0.15, 0.2) is 12.3 Å². The van der Waals surface area contributed by atoms with Gasteiger partial charge in [-0.1, -0.05) is 0 Å². The molecule has 0 bridgehead atoms. The van der Waals surface area contributed by atoms with Crippen molar-refractivity contribution in [2.45, 2.75) is 51.7 Å². The van der Waals surface area contributed by atoms with E-state index in [4.69, 9.17) is 4.74 Å². The average molecular weight is 321 g/mol. The normalized spacial score (nSPS) is 19.9. The van der Waals surface area contributed by atoms with Crippen LogP contribution < -0.4 is 4.90 Å². The SMILES string of the molecule is Cc1cnc(N2CCN(C(=O)OC(C)(C)C)C3(CC3)C2)cc1F. The van der Waals surface area contributed by atoms with Gasteiger partial charge in [0.15, 0.2) is 0 Å². The first kappa shape index (κ1) is 16.0. The molecule has 1 aliphatic heterocycles. The summed E-state index contributed by atoms with van der Waals surface area (Å²) in [5.74, 6) is 0.401. The van der Waals surface area contributed by atoms with Crippen LogP contribution in [0.25, 0.3) is 0 Å². The van der Waals surface area contributed by atoms with Crippen molar-refractivity contribution < 1.29 is 13.9 Å². The molecule has 2 heterocycles. The first-order valence-corrected chi connectivity index (χ1v) is 8.08. The second-order valence-corrected chi connectivity index (χ2v) is 7.57. The minimum absolute atomic E-state index is 0.177. The largest absolute Gasteiger partial charge is 0.444 e. The number of hydrogen-bond donors (Lipinski definition) is 0. The standard InChI is InChI=1S/C17H24FN3O2/c1-12-10-19-14(9-13(12)18)20-7-8-21(17(11-20)5-6-17)15(22)23-16(2,3)4/h9-10H,5-8,11H2,1-4H3. The monoisotopic (exact) mass is 321 g/mol. The Labute approximate surface area is 136 Å². The fourth-order valence-electron chi connectivity index (χ4n) is 3.01. The number of anilines is 1. The van der Waals surface area contributed by atoms with Gasteiger partial charge in [-0.05, 0) is 40.5 Å². The number of aromatic nitrogens is 1. The summed E-state index contributed by atoms with van der Waals surface area (Å²) >= 11 is 0. The summed E-state index contributed by atoms with van der Waals surface area (Å²) in [5.41, 5.74) is -0.127. The highest BCUT2D eigenvalue weighted by atomic mass is 19.1. The Kier molecular flexibility index (Phi) is 3.73. The number of amides is 1. The maximum atomic E-state index is 13.8. The Bertz CT molecular complexity index is 623. The topological polar surface area (TPSA) is 45.7 Å². The van der Waals surface area contributed by atoms with Crippen molar-refractivity contribution in [3.8, 4) is 0 Å². The molecule has 1 aliphatic carbocycles. The fraction of sp³-hybridized carbons (Fsp3) is 0.647. The molecule has 0 radical (unpaired) electrons. The molecule has 126 valence electrons. The van der Waals surface area contributed by atoms with Crippen molar-refractivity contribution in [3.63, 3.8) is 0 Å². The van der Waals surface area contributed by atoms with Crippen LogP contribution in [0.4, 0.5) is 15.0 Å². The summed E-state index contributed by atoms with van der Waals surface area (Å²) in [6, 6.07) is 1.48. The lowest BCUT2D eigenvalue weighted by molar-refractivity contribution is 0.0106. The van der Waals surface area contributed by atoms with Crippen molar-refractivity contribution in [2.24, 2.45) is 0 Å². The summed E-state index contributed by atoms with van der Waals surface area (Å²) in [4.78, 5) is 20.7. The van der Waals surface area contributed by atoms with Gasteiger partial charge in [-0.3, -0.25) is 4.90 Å². The summed E-state index contributed by atoms with van der Waals surface area (Å²) in [6.45, 7) is 9.22. The lowest BCUT2D eigenvalue weighted by atomic mass is 10.1. The second-order valence-electron chi connectivity index (χ2n) is 7.57. The van der Waals surface area contributed by atoms with E-state index < -0.39 is 5.60 Å². The third kappa shape index (κ3) is 3.26. The third-order valence-electron chi connectivity index (χ3n) is 4.44. The van der Waals surface area contributed by atoms with Gasteiger partial charge in [0.05, 0.1) is 5.54 Å². The molecule has 1 spiro atoms. The van der Waals surface area contributed by atoms with Gasteiger partial charge >= 0.3 is 6.09 Å². The Hall–Kier alpha value is -1.85. The van der Waals surface area contributed by atoms with Gasteiger partial charge in [-0.15, -0.1) is 0 Å². The molecular weight excluding hydrogens is 297 g/mol. The first-order chi connectivity index (χ1) is 10.7. The number of aryl methyl sites for hydroxylation is 1. The van der Waals surface area contributed by atoms with Gasteiger partial charge in [0.2, 0.25) is 0 Å². The van der Waals surface area contributed by atoms with E-state index in [0.29, 0.717) is 31.0 Å². The van der Waals surface area contributed by atoms with Gasteiger partial charge in [0.1, 0.15) is 17.2 Å². The van der Waals surface area contributed by atoms with Gasteiger partial charge in [-0.2, -0.15) is 0 Å². The van der Waals surface area contributed by atoms with Crippen LogP contribution >= 0.6 is 0 Å². The molecule has 1 amide bonds. The van der Waals surface area contributed by atoms with E-state index in [1.165, 1.54) is 6.07 Å². The van der Waals surface area contributed by atoms with Crippen molar-refractivity contribution in [3.05, 3.63) is 23.6 Å². The summed E-state index contributed by atoms with van der Waals surface area (Å²) < 4.78 is 19.3. The van der Waals surface area contributed by atoms with Gasteiger partial charge in [0.25, 0.3) is 0 Å². The maximum absolute atomic E-state index is 13.8. The molecule has 2 aliphatic rings. The number of nitrogens with zero attached hydrogens (tertiary/aromatic N) is 3. The number of halogens is 1. The molecule has 1 saturated carbocycles. The minimum atomic E-state index is -0.494. The zero-order chi connectivity index (χ0) is 16.8. The van der Waals surface area contributed by atoms with Crippen molar-refractivity contribution in [1.29, 1.82) is 0 Å². The molecule has 0 unspecified atom stereocenters. The Morgan fingerprint density at radius 3 is 2.61 bits per heavy atom. The number of rotatable bonds is 1. The highest BCUT2D eigenvalue weighted by Gasteiger charge is 2.54. The van der Waals surface area contributed by atoms with Crippen LogP contribution in [-0.2, 0) is 4.74 Å². The zero-order valence-corrected chi connectivity index (χ0v) is 14.2. The lowest BCUT2D eigenvalue weighted by Crippen LogP contribution is -2.58. The molecule has 0 N–H and O–H groups in total. The average Bonchev–Trinajstić information content (AvgIpc) is 3.19. The van der Waals surface area contributed by atoms with E-state index in [-0.39, 0.29) is 17.4 Å². The van der Waals surface area contributed by atoms with Crippen molar-refractivity contribution in [1.82, 2.24) is 9.88 Å². The van der Waals surface area contributed by atoms with E-state index in [1.54, 1.807) is 13.1 Å². The van der Waals surface area contributed by atoms with Crippen LogP contribution in [0.1, 0.15) is 39.2 Å². The quantitative estimate of drug-likeness (QED) is 0.797. The maximum Gasteiger partial charge on any atom is 0.410 e. The molecule has 1 aromatic rings. The van der Waals surface area contributed by atoms with Crippen LogP contribution in [0, 0.1) is 12.7 Å². The van der Waals surface area contributed by atoms with Gasteiger partial charge in [-0.25, -0.2) is 14.2 Å². The molecule has 0 atom stereocenters. The summed E-state index contributed by atoms with van der Waals surface area (Å²) in [6.07, 6.45) is 3.22. The second kappa shape index (κ2) is 5.35. The summed E-state index contributed by atoms with van der Waals surface area (Å²) in [5, 5.41) is 0. The predicted octanol–water partition coefficient (Wildman–Crippen LogP) is 3.12. The lowest BCUT2D eigenvalue weighted by Gasteiger charge is -2.42. The molecule has 0 aromatic carbocycles. The van der Waals surface area contributed by atoms with Crippen LogP contribution in [-0.4, -0.2) is 46.8 Å². The zero-order valence-electron chi connectivity index (χ0n) is 14.2. The summed E-state index contributed by atoms with van der Waals surface area (Å²) in [7, 11) is 0. The van der Waals surface area contributed by atoms with Gasteiger partial charge < -0.3 is 9.64 Å². The molecule has 23 heavy (non-hydrogen) atoms. The van der Waals surface area contributed by atoms with Crippen molar-refractivity contribution >= 4 is 11.9 Å². The minimum Gasteiger partial charge on any atom is -0.444 e. The van der Waals surface area contributed by atoms with E-state index in [0.717, 1.165) is 12.8 Å². The highest BCUT2D eigenvalue weighted by Crippen LogP contribution is 2.45. The number of carbonyl (C=O) groups is 1. The molecule has 2 fully saturated rings. The molecule has 1 aromatic heterocycles. The highest BCUT2D eigenvalue weighted by molar-refractivity contribution is 5.70. The van der Waals surface area contributed by atoms with E-state index in [9.17, 15) is 9.18 Å². The molecule has 3 rings (SSSR count). The first-order valence-electron chi connectivity index (χ1n) is 8.08. The Balaban J connectivity index is 1.73. The molecule has 1 saturated heterocycles. The van der Waals surface area contributed by atoms with Crippen LogP contribution in [0.5, 0.6) is 0 Å². The van der Waals surface area contributed by atoms with Crippen molar-refractivity contribution in [2.75, 3.05) is 24.5 Å².